The number of hydrogen-bond donors (Lipinski definition) is 0. The minimum Gasteiger partial charge on any atom is -0.453 e. The van der Waals surface area contributed by atoms with Crippen LogP contribution in [0.3, 0.4) is 0 Å². The van der Waals surface area contributed by atoms with Gasteiger partial charge in [-0.3, -0.25) is 4.79 Å². The van der Waals surface area contributed by atoms with Gasteiger partial charge in [-0.25, -0.2) is 0 Å². The maximum Gasteiger partial charge on any atom is 0.228 e. The molecule has 2 heteroatoms. The van der Waals surface area contributed by atoms with Gasteiger partial charge in [-0.2, -0.15) is 0 Å². The van der Waals surface area contributed by atoms with Gasteiger partial charge in [0.15, 0.2) is 5.75 Å². The van der Waals surface area contributed by atoms with Gasteiger partial charge >= 0.3 is 0 Å². The van der Waals surface area contributed by atoms with E-state index in [1.54, 1.807) is 6.92 Å². The van der Waals surface area contributed by atoms with Gasteiger partial charge in [0, 0.05) is 5.56 Å². The summed E-state index contributed by atoms with van der Waals surface area (Å²) in [5.74, 6) is 1.22. The Balaban J connectivity index is 2.16. The summed E-state index contributed by atoms with van der Waals surface area (Å²) < 4.78 is 5.28. The van der Waals surface area contributed by atoms with Crippen LogP contribution in [0.2, 0.25) is 0 Å². The van der Waals surface area contributed by atoms with Gasteiger partial charge in [0.25, 0.3) is 0 Å². The molecule has 2 nitrogen and oxygen atoms in total. The molecule has 2 aromatic rings. The lowest BCUT2D eigenvalue weighted by Gasteiger charge is -1.96. The van der Waals surface area contributed by atoms with E-state index >= 15 is 0 Å². The third-order valence-electron chi connectivity index (χ3n) is 1.79. The molecule has 0 heterocycles. The van der Waals surface area contributed by atoms with Crippen LogP contribution >= 0.6 is 0 Å². The highest BCUT2D eigenvalue weighted by molar-refractivity contribution is 5.47. The van der Waals surface area contributed by atoms with E-state index in [4.69, 9.17) is 4.74 Å². The lowest BCUT2D eigenvalue weighted by Crippen LogP contribution is -1.81. The van der Waals surface area contributed by atoms with Crippen molar-refractivity contribution >= 4 is 0 Å². The van der Waals surface area contributed by atoms with Crippen LogP contribution in [0.5, 0.6) is 11.5 Å². The van der Waals surface area contributed by atoms with E-state index in [0.717, 1.165) is 11.3 Å². The summed E-state index contributed by atoms with van der Waals surface area (Å²) in [6.45, 7) is 1.76. The van der Waals surface area contributed by atoms with Crippen molar-refractivity contribution in [3.63, 3.8) is 0 Å². The van der Waals surface area contributed by atoms with Crippen molar-refractivity contribution < 1.29 is 4.74 Å². The molecular weight excluding hydrogens is 152 g/mol. The van der Waals surface area contributed by atoms with Crippen LogP contribution in [-0.2, 0) is 0 Å². The predicted octanol–water partition coefficient (Wildman–Crippen LogP) is 2.02. The molecule has 12 heavy (non-hydrogen) atoms. The molecule has 0 amide bonds. The van der Waals surface area contributed by atoms with Crippen LogP contribution in [0.4, 0.5) is 0 Å². The normalized spacial score (nSPS) is 10.4. The molecule has 60 valence electrons. The topological polar surface area (TPSA) is 26.3 Å². The van der Waals surface area contributed by atoms with Gasteiger partial charge in [0.2, 0.25) is 5.43 Å². The maximum atomic E-state index is 10.8. The highest BCUT2D eigenvalue weighted by Gasteiger charge is 2.19. The molecule has 0 N–H and O–H groups in total. The number of rotatable bonds is 2. The van der Waals surface area contributed by atoms with E-state index in [0.29, 0.717) is 5.75 Å². The van der Waals surface area contributed by atoms with Crippen LogP contribution in [0.15, 0.2) is 35.1 Å². The van der Waals surface area contributed by atoms with Crippen molar-refractivity contribution in [2.45, 2.75) is 6.92 Å². The van der Waals surface area contributed by atoms with Gasteiger partial charge in [-0.1, -0.05) is 18.2 Å². The fraction of sp³-hybridized carbons (Fsp3) is 0.100. The highest BCUT2D eigenvalue weighted by atomic mass is 16.5. The summed E-state index contributed by atoms with van der Waals surface area (Å²) in [6.07, 6.45) is 0. The van der Waals surface area contributed by atoms with Crippen molar-refractivity contribution in [3.8, 4) is 11.5 Å². The molecule has 0 aliphatic carbocycles. The minimum atomic E-state index is 0.0406. The molecule has 0 saturated heterocycles. The summed E-state index contributed by atoms with van der Waals surface area (Å²) in [5, 5.41) is 0. The molecule has 0 unspecified atom stereocenters. The largest absolute Gasteiger partial charge is 0.453 e. The van der Waals surface area contributed by atoms with E-state index in [2.05, 4.69) is 0 Å². The van der Waals surface area contributed by atoms with Crippen LogP contribution < -0.4 is 10.2 Å². The minimum absolute atomic E-state index is 0.0406. The molecule has 0 spiro atoms. The van der Waals surface area contributed by atoms with Crippen molar-refractivity contribution in [2.24, 2.45) is 0 Å². The fourth-order valence-corrected chi connectivity index (χ4v) is 0.966. The molecule has 0 fully saturated rings. The van der Waals surface area contributed by atoms with Gasteiger partial charge in [0.05, 0.1) is 0 Å². The molecule has 0 aliphatic rings. The van der Waals surface area contributed by atoms with Gasteiger partial charge in [0.1, 0.15) is 5.75 Å². The Kier molecular flexibility index (Phi) is 1.47. The SMILES string of the molecule is Cc1c(Oc2ccccc2)c1=O. The van der Waals surface area contributed by atoms with E-state index in [1.165, 1.54) is 0 Å². The highest BCUT2D eigenvalue weighted by Crippen LogP contribution is 2.24. The standard InChI is InChI=1S/C10H8O2/c1-7-9(11)10(7)12-8-5-3-2-4-6-8/h2-6H,1H3. The van der Waals surface area contributed by atoms with E-state index in [9.17, 15) is 4.79 Å². The predicted molar refractivity (Wildman–Crippen MR) is 46.3 cm³/mol. The Hall–Kier alpha value is -1.57. The zero-order valence-electron chi connectivity index (χ0n) is 6.70. The number of ether oxygens (including phenoxy) is 1. The lowest BCUT2D eigenvalue weighted by atomic mass is 10.3. The van der Waals surface area contributed by atoms with Crippen molar-refractivity contribution in [2.75, 3.05) is 0 Å². The van der Waals surface area contributed by atoms with Gasteiger partial charge in [-0.05, 0) is 19.1 Å². The van der Waals surface area contributed by atoms with Crippen LogP contribution in [0, 0.1) is 6.92 Å². The summed E-state index contributed by atoms with van der Waals surface area (Å²) in [7, 11) is 0. The van der Waals surface area contributed by atoms with Gasteiger partial charge < -0.3 is 4.74 Å². The second-order valence-electron chi connectivity index (χ2n) is 2.70. The van der Waals surface area contributed by atoms with Crippen LogP contribution in [0.25, 0.3) is 0 Å². The van der Waals surface area contributed by atoms with Crippen molar-refractivity contribution in [3.05, 3.63) is 46.1 Å². The number of hydrogen-bond acceptors (Lipinski definition) is 2. The second kappa shape index (κ2) is 2.48. The van der Waals surface area contributed by atoms with Crippen LogP contribution in [0.1, 0.15) is 5.56 Å². The molecule has 2 rings (SSSR count). The average Bonchev–Trinajstić information content (AvgIpc) is 2.65. The monoisotopic (exact) mass is 160 g/mol. The third-order valence-corrected chi connectivity index (χ3v) is 1.79. The first-order chi connectivity index (χ1) is 5.79. The Labute approximate surface area is 70.1 Å². The Morgan fingerprint density at radius 1 is 1.17 bits per heavy atom. The molecule has 0 aromatic heterocycles. The third kappa shape index (κ3) is 1.11. The van der Waals surface area contributed by atoms with Crippen LogP contribution in [-0.4, -0.2) is 0 Å². The zero-order valence-corrected chi connectivity index (χ0v) is 6.70. The van der Waals surface area contributed by atoms with E-state index in [1.807, 2.05) is 30.3 Å². The molecule has 2 aromatic carbocycles. The van der Waals surface area contributed by atoms with E-state index < -0.39 is 0 Å². The summed E-state index contributed by atoms with van der Waals surface area (Å²) >= 11 is 0. The van der Waals surface area contributed by atoms with Crippen molar-refractivity contribution in [1.29, 1.82) is 0 Å². The first-order valence-electron chi connectivity index (χ1n) is 3.77. The number of para-hydroxylation sites is 1. The molecule has 0 radical (unpaired) electrons. The molecule has 0 atom stereocenters. The summed E-state index contributed by atoms with van der Waals surface area (Å²) in [4.78, 5) is 10.8. The first-order valence-corrected chi connectivity index (χ1v) is 3.77. The molecular formula is C10H8O2. The van der Waals surface area contributed by atoms with Gasteiger partial charge in [-0.15, -0.1) is 0 Å². The number of benzene rings is 1. The first kappa shape index (κ1) is 7.10. The maximum absolute atomic E-state index is 10.8. The molecule has 0 saturated carbocycles. The fourth-order valence-electron chi connectivity index (χ4n) is 0.966. The average molecular weight is 160 g/mol. The molecule has 0 bridgehead atoms. The quantitative estimate of drug-likeness (QED) is 0.671. The summed E-state index contributed by atoms with van der Waals surface area (Å²) in [6, 6.07) is 9.30. The smallest absolute Gasteiger partial charge is 0.228 e. The molecule has 0 aliphatic heterocycles. The Morgan fingerprint density at radius 2 is 1.75 bits per heavy atom. The Morgan fingerprint density at radius 3 is 2.25 bits per heavy atom. The lowest BCUT2D eigenvalue weighted by molar-refractivity contribution is 0.493. The van der Waals surface area contributed by atoms with E-state index in [-0.39, 0.29) is 5.43 Å². The zero-order chi connectivity index (χ0) is 8.55. The summed E-state index contributed by atoms with van der Waals surface area (Å²) in [5.41, 5.74) is 0.776. The second-order valence-corrected chi connectivity index (χ2v) is 2.70. The van der Waals surface area contributed by atoms with Crippen molar-refractivity contribution in [1.82, 2.24) is 0 Å². The Bertz CT molecular complexity index is 394.